The van der Waals surface area contributed by atoms with Crippen LogP contribution in [0.1, 0.15) is 115 Å². The van der Waals surface area contributed by atoms with Crippen molar-refractivity contribution in [3.8, 4) is 17.2 Å². The number of phenolic OH excluding ortho intramolecular Hbond substituents is 3. The summed E-state index contributed by atoms with van der Waals surface area (Å²) in [5, 5.41) is 78.1. The predicted octanol–water partition coefficient (Wildman–Crippen LogP) is 1.63. The number of methoxy groups -OCH3 is 1. The Morgan fingerprint density at radius 3 is 1.95 bits per heavy atom. The number of hydrogen-bond donors (Lipinski definition) is 7. The van der Waals surface area contributed by atoms with Crippen LogP contribution in [0, 0.1) is 0 Å². The summed E-state index contributed by atoms with van der Waals surface area (Å²) in [6, 6.07) is 3.45. The highest BCUT2D eigenvalue weighted by atomic mass is 16.7. The van der Waals surface area contributed by atoms with Crippen LogP contribution in [-0.4, -0.2) is 159 Å². The lowest BCUT2D eigenvalue weighted by molar-refractivity contribution is -0.332. The molecule has 60 heavy (non-hydrogen) atoms. The van der Waals surface area contributed by atoms with Gasteiger partial charge in [0.05, 0.1) is 66.0 Å². The highest BCUT2D eigenvalue weighted by molar-refractivity contribution is 6.31. The number of nitrogens with zero attached hydrogens (tertiary/aromatic N) is 1. The fraction of sp³-hybridized carbons (Fsp3) is 0.643. The summed E-state index contributed by atoms with van der Waals surface area (Å²) in [5.41, 5.74) is -4.24. The van der Waals surface area contributed by atoms with E-state index in [4.69, 9.17) is 33.2 Å². The van der Waals surface area contributed by atoms with Gasteiger partial charge in [-0.25, -0.2) is 0 Å². The average Bonchev–Trinajstić information content (AvgIpc) is 3.18. The lowest BCUT2D eigenvalue weighted by Crippen LogP contribution is -2.58. The molecule has 7 unspecified atom stereocenters. The Morgan fingerprint density at radius 1 is 0.783 bits per heavy atom. The van der Waals surface area contributed by atoms with Crippen molar-refractivity contribution in [3.63, 3.8) is 0 Å². The van der Waals surface area contributed by atoms with Crippen molar-refractivity contribution in [1.82, 2.24) is 4.90 Å². The molecule has 330 valence electrons. The molecule has 3 heterocycles. The molecule has 7 rings (SSSR count). The number of phenols is 3. The number of aliphatic hydroxyl groups excluding tert-OH is 3. The summed E-state index contributed by atoms with van der Waals surface area (Å²) in [6.07, 6.45) is -11.0. The van der Waals surface area contributed by atoms with E-state index in [1.807, 2.05) is 19.0 Å². The largest absolute Gasteiger partial charge is 0.507 e. The van der Waals surface area contributed by atoms with Crippen molar-refractivity contribution in [2.45, 2.75) is 151 Å². The topological polar surface area (TPSA) is 261 Å². The number of benzene rings is 2. The van der Waals surface area contributed by atoms with E-state index in [9.17, 15) is 50.1 Å². The predicted molar refractivity (Wildman–Crippen MR) is 205 cm³/mol. The Bertz CT molecular complexity index is 1970. The SMILES string of the molecule is CC[C@@]1(O)CC(OC2C[C@H](N(C)C)C(OC3C[C@H](O)C(OC4C[C@H](O)[C@H](O)[C@H](C)O4)[C@H](C)O3)[C@H](C)O2)c2c(O)c3c(c(O)c2C1C(=O)OC)C(=O)c1cccc(O)c1C3=O. The van der Waals surface area contributed by atoms with Crippen molar-refractivity contribution >= 4 is 17.5 Å². The Kier molecular flexibility index (Phi) is 12.4. The fourth-order valence-electron chi connectivity index (χ4n) is 9.54. The molecule has 2 aromatic carbocycles. The molecular weight excluding hydrogens is 790 g/mol. The number of aliphatic hydroxyl groups is 4. The first-order valence-corrected chi connectivity index (χ1v) is 20.3. The first kappa shape index (κ1) is 44.3. The van der Waals surface area contributed by atoms with E-state index >= 15 is 0 Å². The van der Waals surface area contributed by atoms with Crippen LogP contribution in [0.3, 0.4) is 0 Å². The number of likely N-dealkylation sites (N-methyl/N-ethyl adjacent to an activating group) is 1. The summed E-state index contributed by atoms with van der Waals surface area (Å²) < 4.78 is 42.4. The molecule has 15 atom stereocenters. The van der Waals surface area contributed by atoms with Crippen molar-refractivity contribution < 1.29 is 83.3 Å². The summed E-state index contributed by atoms with van der Waals surface area (Å²) in [4.78, 5) is 43.2. The van der Waals surface area contributed by atoms with Crippen LogP contribution in [0.5, 0.6) is 17.2 Å². The van der Waals surface area contributed by atoms with Crippen LogP contribution in [0.25, 0.3) is 0 Å². The van der Waals surface area contributed by atoms with Crippen LogP contribution in [0.2, 0.25) is 0 Å². The quantitative estimate of drug-likeness (QED) is 0.119. The van der Waals surface area contributed by atoms with Gasteiger partial charge in [0.25, 0.3) is 0 Å². The third-order valence-corrected chi connectivity index (χ3v) is 12.8. The van der Waals surface area contributed by atoms with Crippen molar-refractivity contribution in [2.24, 2.45) is 0 Å². The molecule has 3 aliphatic heterocycles. The maximum absolute atomic E-state index is 14.0. The van der Waals surface area contributed by atoms with Gasteiger partial charge in [0.1, 0.15) is 41.5 Å². The van der Waals surface area contributed by atoms with Gasteiger partial charge in [-0.2, -0.15) is 0 Å². The number of carbonyl (C=O) groups excluding carboxylic acids is 3. The maximum atomic E-state index is 14.0. The first-order chi connectivity index (χ1) is 28.3. The molecule has 5 aliphatic rings. The maximum Gasteiger partial charge on any atom is 0.316 e. The molecule has 0 spiro atoms. The second kappa shape index (κ2) is 16.8. The van der Waals surface area contributed by atoms with Crippen molar-refractivity contribution in [1.29, 1.82) is 0 Å². The zero-order valence-corrected chi connectivity index (χ0v) is 34.5. The molecule has 0 bridgehead atoms. The molecule has 2 aliphatic carbocycles. The normalized spacial score (nSPS) is 37.9. The number of esters is 1. The van der Waals surface area contributed by atoms with Gasteiger partial charge in [0.15, 0.2) is 24.7 Å². The third-order valence-electron chi connectivity index (χ3n) is 12.8. The number of ketones is 2. The van der Waals surface area contributed by atoms with Gasteiger partial charge in [0.2, 0.25) is 5.78 Å². The molecule has 3 saturated heterocycles. The summed E-state index contributed by atoms with van der Waals surface area (Å²) >= 11 is 0. The summed E-state index contributed by atoms with van der Waals surface area (Å²) in [7, 11) is 4.75. The highest BCUT2D eigenvalue weighted by Crippen LogP contribution is 2.57. The number of carbonyl (C=O) groups is 3. The van der Waals surface area contributed by atoms with Crippen LogP contribution in [0.15, 0.2) is 18.2 Å². The second-order valence-electron chi connectivity index (χ2n) is 16.8. The molecular formula is C42H55NO17. The van der Waals surface area contributed by atoms with Gasteiger partial charge in [-0.05, 0) is 47.4 Å². The van der Waals surface area contributed by atoms with E-state index in [1.54, 1.807) is 27.7 Å². The van der Waals surface area contributed by atoms with Gasteiger partial charge >= 0.3 is 5.97 Å². The first-order valence-electron chi connectivity index (χ1n) is 20.3. The Hall–Kier alpha value is -3.79. The molecule has 0 aromatic heterocycles. The van der Waals surface area contributed by atoms with Gasteiger partial charge < -0.3 is 73.8 Å². The van der Waals surface area contributed by atoms with E-state index in [0.29, 0.717) is 0 Å². The smallest absolute Gasteiger partial charge is 0.316 e. The van der Waals surface area contributed by atoms with Crippen LogP contribution in [0.4, 0.5) is 0 Å². The number of aromatic hydroxyl groups is 3. The standard InChI is InChI=1S/C42H55NO17/c1-8-42(53)15-24(29-30(33(42)41(52)54-7)38(51)31-32(37(29)50)36(49)28-19(35(31)48)10-9-11-21(28)44)58-25-12-20(43(5)6)39(17(3)56-25)59-27-14-23(46)40(18(4)57-27)60-26-13-22(45)34(47)16(2)55-26/h9-11,16-18,20,22-27,33-34,39-40,44-47,50-51,53H,8,12-15H2,1-7H3/t16-,17-,18-,20-,22-,23-,24?,25?,26?,27?,33?,34+,39?,40?,42+/m0/s1. The monoisotopic (exact) mass is 845 g/mol. The van der Waals surface area contributed by atoms with Gasteiger partial charge in [-0.1, -0.05) is 19.1 Å². The van der Waals surface area contributed by atoms with Gasteiger partial charge in [-0.3, -0.25) is 14.4 Å². The Morgan fingerprint density at radius 2 is 1.35 bits per heavy atom. The van der Waals surface area contributed by atoms with E-state index in [1.165, 1.54) is 18.2 Å². The van der Waals surface area contributed by atoms with E-state index in [2.05, 4.69) is 0 Å². The minimum absolute atomic E-state index is 0.0158. The molecule has 2 aromatic rings. The lowest BCUT2D eigenvalue weighted by Gasteiger charge is -2.48. The van der Waals surface area contributed by atoms with Gasteiger partial charge in [0, 0.05) is 48.4 Å². The Balaban J connectivity index is 1.15. The molecule has 0 amide bonds. The molecule has 18 nitrogen and oxygen atoms in total. The molecule has 3 fully saturated rings. The number of rotatable bonds is 9. The van der Waals surface area contributed by atoms with E-state index < -0.39 is 137 Å². The van der Waals surface area contributed by atoms with Crippen molar-refractivity contribution in [2.75, 3.05) is 21.2 Å². The average molecular weight is 846 g/mol. The molecule has 0 saturated carbocycles. The molecule has 0 radical (unpaired) electrons. The summed E-state index contributed by atoms with van der Waals surface area (Å²) in [5.74, 6) is -6.48. The van der Waals surface area contributed by atoms with E-state index in [-0.39, 0.29) is 54.4 Å². The van der Waals surface area contributed by atoms with Crippen LogP contribution < -0.4 is 0 Å². The van der Waals surface area contributed by atoms with E-state index in [0.717, 1.165) is 7.11 Å². The van der Waals surface area contributed by atoms with Crippen LogP contribution >= 0.6 is 0 Å². The summed E-state index contributed by atoms with van der Waals surface area (Å²) in [6.45, 7) is 6.70. The second-order valence-corrected chi connectivity index (χ2v) is 16.8. The Labute approximate surface area is 346 Å². The number of ether oxygens (including phenoxy) is 7. The molecule has 18 heteroatoms. The molecule has 7 N–H and O–H groups in total. The minimum Gasteiger partial charge on any atom is -0.507 e. The number of fused-ring (bicyclic) bond motifs is 3. The van der Waals surface area contributed by atoms with Crippen LogP contribution in [-0.2, 0) is 38.0 Å². The van der Waals surface area contributed by atoms with Crippen molar-refractivity contribution in [3.05, 3.63) is 51.6 Å². The zero-order chi connectivity index (χ0) is 43.7. The lowest BCUT2D eigenvalue weighted by atomic mass is 9.66. The highest BCUT2D eigenvalue weighted by Gasteiger charge is 2.55. The minimum atomic E-state index is -1.94. The zero-order valence-electron chi connectivity index (χ0n) is 34.5. The number of hydrogen-bond acceptors (Lipinski definition) is 18. The van der Waals surface area contributed by atoms with Gasteiger partial charge in [-0.15, -0.1) is 0 Å². The third kappa shape index (κ3) is 7.59. The fourth-order valence-corrected chi connectivity index (χ4v) is 9.54.